The highest BCUT2D eigenvalue weighted by atomic mass is 19.4. The molecule has 41 heavy (non-hydrogen) atoms. The van der Waals surface area contributed by atoms with Crippen molar-refractivity contribution in [1.29, 1.82) is 0 Å². The van der Waals surface area contributed by atoms with Gasteiger partial charge in [0.05, 0.1) is 23.6 Å². The summed E-state index contributed by atoms with van der Waals surface area (Å²) in [4.78, 5) is 40.4. The van der Waals surface area contributed by atoms with E-state index < -0.39 is 52.9 Å². The maximum Gasteiger partial charge on any atom is 0.419 e. The van der Waals surface area contributed by atoms with Crippen LogP contribution in [0.4, 0.5) is 17.6 Å². The molecule has 9 nitrogen and oxygen atoms in total. The van der Waals surface area contributed by atoms with Crippen LogP contribution in [0.1, 0.15) is 43.4 Å². The first-order chi connectivity index (χ1) is 19.2. The lowest BCUT2D eigenvalue weighted by Gasteiger charge is -2.31. The normalized spacial score (nSPS) is 13.3. The van der Waals surface area contributed by atoms with E-state index in [0.29, 0.717) is 18.6 Å². The van der Waals surface area contributed by atoms with Gasteiger partial charge in [-0.3, -0.25) is 14.4 Å². The Labute approximate surface area is 236 Å². The lowest BCUT2D eigenvalue weighted by molar-refractivity contribution is -0.140. The fraction of sp³-hybridized carbons (Fsp3) is 0.464. The number of rotatable bonds is 14. The van der Waals surface area contributed by atoms with E-state index in [0.717, 1.165) is 11.6 Å². The van der Waals surface area contributed by atoms with E-state index in [1.54, 1.807) is 0 Å². The smallest absolute Gasteiger partial charge is 0.345 e. The van der Waals surface area contributed by atoms with E-state index in [1.165, 1.54) is 18.7 Å². The lowest BCUT2D eigenvalue weighted by Crippen LogP contribution is -2.55. The van der Waals surface area contributed by atoms with Gasteiger partial charge in [-0.2, -0.15) is 13.2 Å². The van der Waals surface area contributed by atoms with Crippen molar-refractivity contribution < 1.29 is 31.9 Å². The molecule has 0 saturated carbocycles. The molecule has 226 valence electrons. The summed E-state index contributed by atoms with van der Waals surface area (Å²) in [7, 11) is 0. The number of amides is 3. The fourth-order valence-electron chi connectivity index (χ4n) is 4.18. The van der Waals surface area contributed by atoms with Gasteiger partial charge in [0, 0.05) is 26.2 Å². The Bertz CT molecular complexity index is 1170. The molecule has 3 amide bonds. The van der Waals surface area contributed by atoms with Gasteiger partial charge in [-0.05, 0) is 49.9 Å². The minimum absolute atomic E-state index is 0.00917. The topological polar surface area (TPSA) is 157 Å². The van der Waals surface area contributed by atoms with Gasteiger partial charge in [-0.15, -0.1) is 0 Å². The van der Waals surface area contributed by atoms with E-state index in [2.05, 4.69) is 10.6 Å². The predicted octanol–water partition coefficient (Wildman–Crippen LogP) is 1.78. The molecule has 0 fully saturated rings. The molecule has 0 aromatic heterocycles. The van der Waals surface area contributed by atoms with Gasteiger partial charge in [0.15, 0.2) is 0 Å². The Balaban J connectivity index is 2.23. The molecule has 0 saturated heterocycles. The van der Waals surface area contributed by atoms with Gasteiger partial charge < -0.3 is 32.7 Å². The molecule has 2 aromatic rings. The van der Waals surface area contributed by atoms with Gasteiger partial charge in [-0.1, -0.05) is 36.4 Å². The zero-order valence-corrected chi connectivity index (χ0v) is 23.1. The van der Waals surface area contributed by atoms with E-state index in [9.17, 15) is 31.9 Å². The van der Waals surface area contributed by atoms with Crippen molar-refractivity contribution in [3.05, 3.63) is 71.0 Å². The highest BCUT2D eigenvalue weighted by molar-refractivity contribution is 5.92. The number of hydrogen-bond donors (Lipinski definition) is 5. The number of carbonyl (C=O) groups is 3. The fourth-order valence-corrected chi connectivity index (χ4v) is 4.18. The maximum absolute atomic E-state index is 13.8. The van der Waals surface area contributed by atoms with Gasteiger partial charge in [0.1, 0.15) is 11.9 Å². The summed E-state index contributed by atoms with van der Waals surface area (Å²) < 4.78 is 53.7. The molecule has 0 spiro atoms. The number of carbonyl (C=O) groups excluding carboxylic acids is 3. The molecule has 0 bridgehead atoms. The van der Waals surface area contributed by atoms with Crippen LogP contribution in [0.3, 0.4) is 0 Å². The van der Waals surface area contributed by atoms with E-state index in [4.69, 9.17) is 17.2 Å². The third-order valence-corrected chi connectivity index (χ3v) is 6.51. The summed E-state index contributed by atoms with van der Waals surface area (Å²) in [6.07, 6.45) is -4.77. The largest absolute Gasteiger partial charge is 0.419 e. The second kappa shape index (κ2) is 14.9. The highest BCUT2D eigenvalue weighted by Gasteiger charge is 2.37. The summed E-state index contributed by atoms with van der Waals surface area (Å²) in [6.45, 7) is 3.79. The SMILES string of the molecule is CC(C)(NC(=O)[C@H](CCc1ccccc1)NC(=O)[C@@H](N)CC(=O)N(CCN)CCN)c1ccc(F)c(C(F)(F)F)c1. The predicted molar refractivity (Wildman–Crippen MR) is 147 cm³/mol. The van der Waals surface area contributed by atoms with Crippen LogP contribution in [-0.4, -0.2) is 60.9 Å². The van der Waals surface area contributed by atoms with Crippen molar-refractivity contribution in [2.45, 2.75) is 56.9 Å². The molecule has 0 radical (unpaired) electrons. The van der Waals surface area contributed by atoms with E-state index >= 15 is 0 Å². The van der Waals surface area contributed by atoms with Crippen LogP contribution in [-0.2, 0) is 32.5 Å². The molecule has 0 aliphatic carbocycles. The van der Waals surface area contributed by atoms with Crippen molar-refractivity contribution in [2.75, 3.05) is 26.2 Å². The second-order valence-electron chi connectivity index (χ2n) is 10.2. The highest BCUT2D eigenvalue weighted by Crippen LogP contribution is 2.34. The first kappa shape index (κ1) is 33.7. The molecule has 0 unspecified atom stereocenters. The number of aryl methyl sites for hydroxylation is 1. The molecule has 8 N–H and O–H groups in total. The van der Waals surface area contributed by atoms with E-state index in [-0.39, 0.29) is 44.6 Å². The molecule has 0 heterocycles. The molecule has 2 atom stereocenters. The van der Waals surface area contributed by atoms with Crippen molar-refractivity contribution in [3.63, 3.8) is 0 Å². The molecule has 0 aliphatic heterocycles. The molecule has 2 rings (SSSR count). The summed E-state index contributed by atoms with van der Waals surface area (Å²) in [5, 5.41) is 5.23. The number of hydrogen-bond acceptors (Lipinski definition) is 6. The van der Waals surface area contributed by atoms with Crippen LogP contribution in [0.2, 0.25) is 0 Å². The Hall–Kier alpha value is -3.55. The Kier molecular flexibility index (Phi) is 12.2. The van der Waals surface area contributed by atoms with Crippen molar-refractivity contribution in [3.8, 4) is 0 Å². The van der Waals surface area contributed by atoms with Gasteiger partial charge >= 0.3 is 6.18 Å². The molecule has 0 aliphatic rings. The Morgan fingerprint density at radius 3 is 2.12 bits per heavy atom. The maximum atomic E-state index is 13.8. The van der Waals surface area contributed by atoms with Crippen LogP contribution in [0, 0.1) is 5.82 Å². The summed E-state index contributed by atoms with van der Waals surface area (Å²) in [6, 6.07) is 9.18. The average Bonchev–Trinajstić information content (AvgIpc) is 2.90. The van der Waals surface area contributed by atoms with Gasteiger partial charge in [0.2, 0.25) is 17.7 Å². The second-order valence-corrected chi connectivity index (χ2v) is 10.2. The number of nitrogens with one attached hydrogen (secondary N) is 2. The van der Waals surface area contributed by atoms with E-state index in [1.807, 2.05) is 30.3 Å². The van der Waals surface area contributed by atoms with Crippen molar-refractivity contribution in [2.24, 2.45) is 17.2 Å². The number of nitrogens with zero attached hydrogens (tertiary/aromatic N) is 1. The van der Waals surface area contributed by atoms with Gasteiger partial charge in [-0.25, -0.2) is 4.39 Å². The third-order valence-electron chi connectivity index (χ3n) is 6.51. The number of benzene rings is 2. The molecule has 2 aromatic carbocycles. The first-order valence-electron chi connectivity index (χ1n) is 13.2. The monoisotopic (exact) mass is 582 g/mol. The van der Waals surface area contributed by atoms with Gasteiger partial charge in [0.25, 0.3) is 0 Å². The van der Waals surface area contributed by atoms with Crippen LogP contribution in [0.5, 0.6) is 0 Å². The zero-order valence-electron chi connectivity index (χ0n) is 23.1. The standard InChI is InChI=1S/C28H38F4N6O3/c1-27(2,19-9-10-21(29)20(16-19)28(30,31)32)37-26(41)23(11-8-18-6-4-3-5-7-18)36-25(40)22(35)17-24(39)38(14-12-33)15-13-34/h3-7,9-10,16,22-23H,8,11-15,17,33-35H2,1-2H3,(H,36,40)(H,37,41)/t22-,23-/m0/s1. The summed E-state index contributed by atoms with van der Waals surface area (Å²) in [5.74, 6) is -3.31. The number of nitrogens with two attached hydrogens (primary N) is 3. The Morgan fingerprint density at radius 2 is 1.56 bits per heavy atom. The minimum atomic E-state index is -4.93. The third kappa shape index (κ3) is 10.1. The number of halogens is 4. The van der Waals surface area contributed by atoms with Crippen molar-refractivity contribution >= 4 is 17.7 Å². The molecular weight excluding hydrogens is 544 g/mol. The van der Waals surface area contributed by atoms with Crippen LogP contribution in [0.25, 0.3) is 0 Å². The van der Waals surface area contributed by atoms with Crippen LogP contribution < -0.4 is 27.8 Å². The van der Waals surface area contributed by atoms with Crippen LogP contribution in [0.15, 0.2) is 48.5 Å². The lowest BCUT2D eigenvalue weighted by atomic mass is 9.91. The van der Waals surface area contributed by atoms with Crippen molar-refractivity contribution in [1.82, 2.24) is 15.5 Å². The van der Waals surface area contributed by atoms with Crippen LogP contribution >= 0.6 is 0 Å². The summed E-state index contributed by atoms with van der Waals surface area (Å²) in [5.41, 5.74) is 15.1. The molecular formula is C28H38F4N6O3. The Morgan fingerprint density at radius 1 is 0.951 bits per heavy atom. The minimum Gasteiger partial charge on any atom is -0.345 e. The summed E-state index contributed by atoms with van der Waals surface area (Å²) >= 11 is 0. The average molecular weight is 583 g/mol. The zero-order chi connectivity index (χ0) is 30.8. The molecule has 13 heteroatoms. The first-order valence-corrected chi connectivity index (χ1v) is 13.2. The number of alkyl halides is 3. The quantitative estimate of drug-likeness (QED) is 0.214.